The topological polar surface area (TPSA) is 70.9 Å². The summed E-state index contributed by atoms with van der Waals surface area (Å²) in [5, 5.41) is 13.8. The third kappa shape index (κ3) is 4.23. The van der Waals surface area contributed by atoms with E-state index in [9.17, 15) is 9.90 Å². The maximum Gasteiger partial charge on any atom is 0.275 e. The zero-order chi connectivity index (χ0) is 15.9. The van der Waals surface area contributed by atoms with Crippen molar-refractivity contribution in [1.29, 1.82) is 0 Å². The first kappa shape index (κ1) is 15.9. The van der Waals surface area contributed by atoms with Crippen molar-refractivity contribution in [3.8, 4) is 11.5 Å². The van der Waals surface area contributed by atoms with E-state index in [1.54, 1.807) is 0 Å². The number of halogens is 1. The normalized spacial score (nSPS) is 10.6. The number of rotatable bonds is 5. The van der Waals surface area contributed by atoms with Crippen LogP contribution in [0.15, 0.2) is 47.6 Å². The molecule has 0 atom stereocenters. The fraction of sp³-hybridized carbons (Fsp3) is 0.125. The van der Waals surface area contributed by atoms with Crippen LogP contribution in [-0.2, 0) is 0 Å². The van der Waals surface area contributed by atoms with Crippen molar-refractivity contribution in [2.45, 2.75) is 6.92 Å². The summed E-state index contributed by atoms with van der Waals surface area (Å²) in [5.41, 5.74) is 3.21. The minimum Gasteiger partial charge on any atom is -0.507 e. The van der Waals surface area contributed by atoms with Gasteiger partial charge >= 0.3 is 0 Å². The number of hydrazone groups is 1. The number of ether oxygens (including phenoxy) is 1. The van der Waals surface area contributed by atoms with Crippen molar-refractivity contribution in [2.75, 3.05) is 6.61 Å². The molecular weight excluding hydrogens is 304 g/mol. The molecule has 0 aromatic heterocycles. The number of aromatic hydroxyl groups is 1. The molecule has 0 bridgehead atoms. The first-order valence-electron chi connectivity index (χ1n) is 6.65. The quantitative estimate of drug-likeness (QED) is 0.657. The molecule has 1 amide bonds. The predicted octanol–water partition coefficient (Wildman–Crippen LogP) is 3.21. The lowest BCUT2D eigenvalue weighted by molar-refractivity contribution is 0.0952. The Morgan fingerprint density at radius 3 is 2.73 bits per heavy atom. The smallest absolute Gasteiger partial charge is 0.275 e. The molecule has 2 aromatic rings. The third-order valence-electron chi connectivity index (χ3n) is 2.77. The van der Waals surface area contributed by atoms with Crippen molar-refractivity contribution < 1.29 is 14.6 Å². The molecule has 0 saturated heterocycles. The summed E-state index contributed by atoms with van der Waals surface area (Å²) in [6.45, 7) is 2.52. The van der Waals surface area contributed by atoms with Gasteiger partial charge in [-0.1, -0.05) is 11.6 Å². The zero-order valence-electron chi connectivity index (χ0n) is 11.9. The fourth-order valence-corrected chi connectivity index (χ4v) is 1.90. The number of amides is 1. The van der Waals surface area contributed by atoms with E-state index in [0.29, 0.717) is 11.6 Å². The Morgan fingerprint density at radius 1 is 1.32 bits per heavy atom. The molecule has 0 aliphatic rings. The zero-order valence-corrected chi connectivity index (χ0v) is 12.7. The summed E-state index contributed by atoms with van der Waals surface area (Å²) in [4.78, 5) is 11.9. The van der Waals surface area contributed by atoms with Gasteiger partial charge in [-0.25, -0.2) is 5.43 Å². The molecule has 0 unspecified atom stereocenters. The van der Waals surface area contributed by atoms with Gasteiger partial charge in [-0.3, -0.25) is 4.79 Å². The Balaban J connectivity index is 1.99. The molecule has 6 heteroatoms. The number of nitrogens with zero attached hydrogens (tertiary/aromatic N) is 1. The van der Waals surface area contributed by atoms with E-state index in [1.807, 2.05) is 31.2 Å². The number of hydrogen-bond acceptors (Lipinski definition) is 4. The van der Waals surface area contributed by atoms with Crippen LogP contribution < -0.4 is 10.2 Å². The van der Waals surface area contributed by atoms with Crippen LogP contribution in [0.25, 0.3) is 0 Å². The highest BCUT2D eigenvalue weighted by Crippen LogP contribution is 2.21. The first-order chi connectivity index (χ1) is 10.6. The molecule has 5 nitrogen and oxygen atoms in total. The maximum absolute atomic E-state index is 11.9. The molecule has 22 heavy (non-hydrogen) atoms. The van der Waals surface area contributed by atoms with E-state index in [-0.39, 0.29) is 11.3 Å². The van der Waals surface area contributed by atoms with E-state index < -0.39 is 5.91 Å². The number of nitrogens with one attached hydrogen (secondary N) is 1. The summed E-state index contributed by atoms with van der Waals surface area (Å²) in [5.74, 6) is 0.0767. The first-order valence-corrected chi connectivity index (χ1v) is 7.02. The van der Waals surface area contributed by atoms with Crippen LogP contribution in [-0.4, -0.2) is 23.8 Å². The lowest BCUT2D eigenvalue weighted by atomic mass is 10.2. The van der Waals surface area contributed by atoms with Gasteiger partial charge in [0, 0.05) is 5.02 Å². The lowest BCUT2D eigenvalue weighted by Gasteiger charge is -2.04. The van der Waals surface area contributed by atoms with Crippen molar-refractivity contribution in [3.05, 3.63) is 58.6 Å². The Kier molecular flexibility index (Phi) is 5.38. The average molecular weight is 319 g/mol. The van der Waals surface area contributed by atoms with E-state index in [0.717, 1.165) is 11.3 Å². The van der Waals surface area contributed by atoms with Crippen molar-refractivity contribution >= 4 is 23.7 Å². The number of benzene rings is 2. The molecule has 0 saturated carbocycles. The highest BCUT2D eigenvalue weighted by Gasteiger charge is 2.10. The average Bonchev–Trinajstić information content (AvgIpc) is 2.51. The van der Waals surface area contributed by atoms with Gasteiger partial charge in [0.25, 0.3) is 5.91 Å². The summed E-state index contributed by atoms with van der Waals surface area (Å²) in [6, 6.07) is 11.5. The number of hydrogen-bond donors (Lipinski definition) is 2. The van der Waals surface area contributed by atoms with Gasteiger partial charge in [0.2, 0.25) is 0 Å². The highest BCUT2D eigenvalue weighted by molar-refractivity contribution is 6.31. The molecule has 2 rings (SSSR count). The van der Waals surface area contributed by atoms with Crippen LogP contribution in [0.4, 0.5) is 0 Å². The Hall–Kier alpha value is -2.53. The van der Waals surface area contributed by atoms with Gasteiger partial charge in [-0.15, -0.1) is 0 Å². The Bertz CT molecular complexity index is 684. The van der Waals surface area contributed by atoms with Crippen LogP contribution in [0, 0.1) is 0 Å². The predicted molar refractivity (Wildman–Crippen MR) is 85.8 cm³/mol. The lowest BCUT2D eigenvalue weighted by Crippen LogP contribution is -2.17. The summed E-state index contributed by atoms with van der Waals surface area (Å²) >= 11 is 5.79. The van der Waals surface area contributed by atoms with Crippen LogP contribution in [0.3, 0.4) is 0 Å². The largest absolute Gasteiger partial charge is 0.507 e. The molecular formula is C16H15ClN2O3. The highest BCUT2D eigenvalue weighted by atomic mass is 35.5. The van der Waals surface area contributed by atoms with Gasteiger partial charge in [0.1, 0.15) is 11.5 Å². The molecule has 0 aliphatic carbocycles. The maximum atomic E-state index is 11.9. The van der Waals surface area contributed by atoms with E-state index >= 15 is 0 Å². The number of carbonyl (C=O) groups is 1. The molecule has 2 N–H and O–H groups in total. The van der Waals surface area contributed by atoms with E-state index in [1.165, 1.54) is 24.4 Å². The fourth-order valence-electron chi connectivity index (χ4n) is 1.73. The summed E-state index contributed by atoms with van der Waals surface area (Å²) < 4.78 is 5.33. The third-order valence-corrected chi connectivity index (χ3v) is 3.01. The molecule has 0 aliphatic heterocycles. The van der Waals surface area contributed by atoms with Crippen LogP contribution >= 0.6 is 11.6 Å². The van der Waals surface area contributed by atoms with Crippen LogP contribution in [0.1, 0.15) is 22.8 Å². The number of carbonyl (C=O) groups excluding carboxylic acids is 1. The van der Waals surface area contributed by atoms with Gasteiger partial charge < -0.3 is 9.84 Å². The van der Waals surface area contributed by atoms with Gasteiger partial charge in [-0.2, -0.15) is 5.10 Å². The summed E-state index contributed by atoms with van der Waals surface area (Å²) in [6.07, 6.45) is 1.50. The van der Waals surface area contributed by atoms with Gasteiger partial charge in [-0.05, 0) is 55.0 Å². The minimum absolute atomic E-state index is 0.0661. The molecule has 0 heterocycles. The molecule has 2 aromatic carbocycles. The van der Waals surface area contributed by atoms with E-state index in [2.05, 4.69) is 10.5 Å². The number of phenols is 1. The number of phenolic OH excluding ortho intramolecular Hbond substituents is 1. The van der Waals surface area contributed by atoms with Crippen LogP contribution in [0.5, 0.6) is 11.5 Å². The second-order valence-electron chi connectivity index (χ2n) is 4.36. The molecule has 0 spiro atoms. The Morgan fingerprint density at radius 2 is 2.05 bits per heavy atom. The van der Waals surface area contributed by atoms with Gasteiger partial charge in [0.05, 0.1) is 18.4 Å². The van der Waals surface area contributed by atoms with Crippen molar-refractivity contribution in [3.63, 3.8) is 0 Å². The van der Waals surface area contributed by atoms with Crippen molar-refractivity contribution in [2.24, 2.45) is 5.10 Å². The minimum atomic E-state index is -0.540. The molecule has 0 fully saturated rings. The standard InChI is InChI=1S/C16H15ClN2O3/c1-2-22-13-6-3-11(4-7-13)10-18-19-16(21)14-9-12(17)5-8-15(14)20/h3-10,20H,2H2,1H3,(H,19,21). The SMILES string of the molecule is CCOc1ccc(C=NNC(=O)c2cc(Cl)ccc2O)cc1. The van der Waals surface area contributed by atoms with Crippen LogP contribution in [0.2, 0.25) is 5.02 Å². The van der Waals surface area contributed by atoms with Gasteiger partial charge in [0.15, 0.2) is 0 Å². The summed E-state index contributed by atoms with van der Waals surface area (Å²) in [7, 11) is 0. The second-order valence-corrected chi connectivity index (χ2v) is 4.80. The monoisotopic (exact) mass is 318 g/mol. The van der Waals surface area contributed by atoms with E-state index in [4.69, 9.17) is 16.3 Å². The molecule has 114 valence electrons. The second kappa shape index (κ2) is 7.47. The van der Waals surface area contributed by atoms with Crippen molar-refractivity contribution in [1.82, 2.24) is 5.43 Å². The Labute approximate surface area is 133 Å². The molecule has 0 radical (unpaired) electrons.